The standard InChI is InChI=1S/C20H28N2O5/c1-3-7-17(24)15-8-9-18-16(12-15)22(20(26)14(2)27-18)13-19(25)21-10-5-4-6-11-23/h8-9,12,14,23H,3-7,10-11,13H2,1-2H3,(H,21,25). The van der Waals surface area contributed by atoms with Crippen LogP contribution in [0.5, 0.6) is 5.75 Å². The van der Waals surface area contributed by atoms with Crippen LogP contribution in [0.2, 0.25) is 0 Å². The maximum atomic E-state index is 12.6. The lowest BCUT2D eigenvalue weighted by molar-refractivity contribution is -0.128. The molecule has 0 radical (unpaired) electrons. The molecule has 2 rings (SSSR count). The summed E-state index contributed by atoms with van der Waals surface area (Å²) < 4.78 is 5.62. The summed E-state index contributed by atoms with van der Waals surface area (Å²) in [5.74, 6) is -0.0822. The number of nitrogens with zero attached hydrogens (tertiary/aromatic N) is 1. The van der Waals surface area contributed by atoms with Gasteiger partial charge in [-0.3, -0.25) is 19.3 Å². The maximum Gasteiger partial charge on any atom is 0.268 e. The van der Waals surface area contributed by atoms with Gasteiger partial charge in [0.15, 0.2) is 11.9 Å². The highest BCUT2D eigenvalue weighted by molar-refractivity contribution is 6.05. The van der Waals surface area contributed by atoms with Gasteiger partial charge in [-0.2, -0.15) is 0 Å². The number of fused-ring (bicyclic) bond motifs is 1. The molecule has 1 aliphatic heterocycles. The number of nitrogens with one attached hydrogen (secondary N) is 1. The van der Waals surface area contributed by atoms with E-state index < -0.39 is 6.10 Å². The summed E-state index contributed by atoms with van der Waals surface area (Å²) in [7, 11) is 0. The number of aliphatic hydroxyl groups is 1. The number of carbonyl (C=O) groups is 3. The van der Waals surface area contributed by atoms with Crippen LogP contribution in [0.1, 0.15) is 56.3 Å². The molecule has 1 atom stereocenters. The average Bonchev–Trinajstić information content (AvgIpc) is 2.65. The van der Waals surface area contributed by atoms with Crippen LogP contribution < -0.4 is 15.0 Å². The van der Waals surface area contributed by atoms with E-state index in [4.69, 9.17) is 9.84 Å². The largest absolute Gasteiger partial charge is 0.479 e. The Morgan fingerprint density at radius 3 is 2.74 bits per heavy atom. The van der Waals surface area contributed by atoms with Crippen molar-refractivity contribution in [2.24, 2.45) is 0 Å². The number of amides is 2. The van der Waals surface area contributed by atoms with Crippen LogP contribution in [0.4, 0.5) is 5.69 Å². The first kappa shape index (κ1) is 20.9. The molecule has 1 heterocycles. The van der Waals surface area contributed by atoms with Crippen LogP contribution in [0.25, 0.3) is 0 Å². The van der Waals surface area contributed by atoms with Crippen molar-refractivity contribution >= 4 is 23.3 Å². The molecular weight excluding hydrogens is 348 g/mol. The van der Waals surface area contributed by atoms with Crippen molar-refractivity contribution in [2.45, 2.75) is 52.1 Å². The summed E-state index contributed by atoms with van der Waals surface area (Å²) in [6.07, 6.45) is 2.79. The van der Waals surface area contributed by atoms with Gasteiger partial charge in [-0.05, 0) is 50.8 Å². The fourth-order valence-corrected chi connectivity index (χ4v) is 2.96. The summed E-state index contributed by atoms with van der Waals surface area (Å²) in [5, 5.41) is 11.6. The Hall–Kier alpha value is -2.41. The summed E-state index contributed by atoms with van der Waals surface area (Å²) in [4.78, 5) is 38.4. The lowest BCUT2D eigenvalue weighted by Crippen LogP contribution is -2.49. The van der Waals surface area contributed by atoms with Gasteiger partial charge < -0.3 is 15.2 Å². The van der Waals surface area contributed by atoms with E-state index in [9.17, 15) is 14.4 Å². The zero-order chi connectivity index (χ0) is 19.8. The topological polar surface area (TPSA) is 95.9 Å². The van der Waals surface area contributed by atoms with E-state index in [0.29, 0.717) is 36.4 Å². The van der Waals surface area contributed by atoms with Gasteiger partial charge in [0.2, 0.25) is 5.91 Å². The molecule has 0 aromatic heterocycles. The monoisotopic (exact) mass is 376 g/mol. The Bertz CT molecular complexity index is 689. The van der Waals surface area contributed by atoms with Gasteiger partial charge >= 0.3 is 0 Å². The SMILES string of the molecule is CCCC(=O)c1ccc2c(c1)N(CC(=O)NCCCCCO)C(=O)C(C)O2. The molecule has 0 aliphatic carbocycles. The number of hydrogen-bond donors (Lipinski definition) is 2. The highest BCUT2D eigenvalue weighted by Gasteiger charge is 2.33. The number of carbonyl (C=O) groups excluding carboxylic acids is 3. The molecule has 1 aromatic carbocycles. The fourth-order valence-electron chi connectivity index (χ4n) is 2.96. The molecule has 148 valence electrons. The van der Waals surface area contributed by atoms with Crippen molar-refractivity contribution in [1.82, 2.24) is 5.32 Å². The zero-order valence-electron chi connectivity index (χ0n) is 16.0. The molecule has 2 N–H and O–H groups in total. The van der Waals surface area contributed by atoms with Gasteiger partial charge in [0.05, 0.1) is 5.69 Å². The Labute approximate surface area is 159 Å². The van der Waals surface area contributed by atoms with E-state index in [1.807, 2.05) is 6.92 Å². The number of unbranched alkanes of at least 4 members (excludes halogenated alkanes) is 2. The van der Waals surface area contributed by atoms with Crippen molar-refractivity contribution in [3.8, 4) is 5.75 Å². The molecule has 1 aromatic rings. The van der Waals surface area contributed by atoms with Gasteiger partial charge in [-0.25, -0.2) is 0 Å². The molecule has 0 bridgehead atoms. The number of ketones is 1. The van der Waals surface area contributed by atoms with E-state index in [2.05, 4.69) is 5.32 Å². The van der Waals surface area contributed by atoms with Crippen molar-refractivity contribution in [1.29, 1.82) is 0 Å². The van der Waals surface area contributed by atoms with E-state index in [-0.39, 0.29) is 30.7 Å². The molecule has 0 fully saturated rings. The van der Waals surface area contributed by atoms with Crippen LogP contribution in [-0.4, -0.2) is 48.5 Å². The van der Waals surface area contributed by atoms with Gasteiger partial charge in [-0.15, -0.1) is 0 Å². The second-order valence-electron chi connectivity index (χ2n) is 6.67. The van der Waals surface area contributed by atoms with Crippen LogP contribution in [0.15, 0.2) is 18.2 Å². The third-order valence-electron chi connectivity index (χ3n) is 4.43. The average molecular weight is 376 g/mol. The molecule has 27 heavy (non-hydrogen) atoms. The predicted molar refractivity (Wildman–Crippen MR) is 102 cm³/mol. The van der Waals surface area contributed by atoms with Gasteiger partial charge in [0.1, 0.15) is 12.3 Å². The van der Waals surface area contributed by atoms with Crippen molar-refractivity contribution in [3.63, 3.8) is 0 Å². The first-order valence-electron chi connectivity index (χ1n) is 9.50. The van der Waals surface area contributed by atoms with Crippen LogP contribution in [0, 0.1) is 0 Å². The van der Waals surface area contributed by atoms with E-state index in [0.717, 1.165) is 19.3 Å². The van der Waals surface area contributed by atoms with Crippen molar-refractivity contribution < 1.29 is 24.2 Å². The Balaban J connectivity index is 2.11. The van der Waals surface area contributed by atoms with Gasteiger partial charge in [0.25, 0.3) is 5.91 Å². The van der Waals surface area contributed by atoms with Gasteiger partial charge in [0, 0.05) is 25.1 Å². The van der Waals surface area contributed by atoms with Gasteiger partial charge in [-0.1, -0.05) is 6.92 Å². The fraction of sp³-hybridized carbons (Fsp3) is 0.550. The summed E-state index contributed by atoms with van der Waals surface area (Å²) in [6.45, 7) is 4.09. The summed E-state index contributed by atoms with van der Waals surface area (Å²) in [5.41, 5.74) is 0.964. The first-order valence-corrected chi connectivity index (χ1v) is 9.50. The van der Waals surface area contributed by atoms with Crippen LogP contribution >= 0.6 is 0 Å². The lowest BCUT2D eigenvalue weighted by atomic mass is 10.0. The van der Waals surface area contributed by atoms with Crippen LogP contribution in [-0.2, 0) is 9.59 Å². The number of benzene rings is 1. The molecule has 7 nitrogen and oxygen atoms in total. The number of rotatable bonds is 10. The summed E-state index contributed by atoms with van der Waals surface area (Å²) in [6, 6.07) is 5.01. The van der Waals surface area contributed by atoms with Crippen molar-refractivity contribution in [3.05, 3.63) is 23.8 Å². The molecule has 0 saturated heterocycles. The second kappa shape index (κ2) is 10.1. The van der Waals surface area contributed by atoms with E-state index >= 15 is 0 Å². The van der Waals surface area contributed by atoms with Crippen LogP contribution in [0.3, 0.4) is 0 Å². The lowest BCUT2D eigenvalue weighted by Gasteiger charge is -2.32. The third kappa shape index (κ3) is 5.53. The number of Topliss-reactive ketones (excluding diaryl/α,β-unsaturated/α-hetero) is 1. The minimum absolute atomic E-state index is 0.000319. The Kier molecular flexibility index (Phi) is 7.79. The van der Waals surface area contributed by atoms with E-state index in [1.54, 1.807) is 25.1 Å². The Morgan fingerprint density at radius 1 is 1.26 bits per heavy atom. The first-order chi connectivity index (χ1) is 13.0. The maximum absolute atomic E-state index is 12.6. The smallest absolute Gasteiger partial charge is 0.268 e. The molecule has 1 unspecified atom stereocenters. The van der Waals surface area contributed by atoms with E-state index in [1.165, 1.54) is 4.90 Å². The highest BCUT2D eigenvalue weighted by atomic mass is 16.5. The number of anilines is 1. The molecule has 0 spiro atoms. The Morgan fingerprint density at radius 2 is 2.04 bits per heavy atom. The molecule has 1 aliphatic rings. The molecule has 7 heteroatoms. The number of aliphatic hydroxyl groups excluding tert-OH is 1. The molecule has 0 saturated carbocycles. The number of ether oxygens (including phenoxy) is 1. The predicted octanol–water partition coefficient (Wildman–Crippen LogP) is 2.06. The normalized spacial score (nSPS) is 15.9. The second-order valence-corrected chi connectivity index (χ2v) is 6.67. The third-order valence-corrected chi connectivity index (χ3v) is 4.43. The zero-order valence-corrected chi connectivity index (χ0v) is 16.0. The quantitative estimate of drug-likeness (QED) is 0.481. The molecule has 2 amide bonds. The minimum Gasteiger partial charge on any atom is -0.479 e. The number of hydrogen-bond acceptors (Lipinski definition) is 5. The highest BCUT2D eigenvalue weighted by Crippen LogP contribution is 2.35. The summed E-state index contributed by atoms with van der Waals surface area (Å²) >= 11 is 0. The van der Waals surface area contributed by atoms with Crippen molar-refractivity contribution in [2.75, 3.05) is 24.6 Å². The molecular formula is C20H28N2O5. The minimum atomic E-state index is -0.688.